The van der Waals surface area contributed by atoms with Gasteiger partial charge in [0.25, 0.3) is 0 Å². The third kappa shape index (κ3) is 2.73. The minimum absolute atomic E-state index is 0.247. The monoisotopic (exact) mass is 316 g/mol. The van der Waals surface area contributed by atoms with Gasteiger partial charge in [0.15, 0.2) is 0 Å². The Kier molecular flexibility index (Phi) is 3.37. The Morgan fingerprint density at radius 2 is 1.95 bits per heavy atom. The molecule has 1 aromatic carbocycles. The van der Waals surface area contributed by atoms with Gasteiger partial charge >= 0.3 is 0 Å². The number of carbonyl (C=O) groups excluding carboxylic acids is 1. The van der Waals surface area contributed by atoms with E-state index in [4.69, 9.17) is 11.6 Å². The number of rotatable bonds is 4. The summed E-state index contributed by atoms with van der Waals surface area (Å²) in [7, 11) is 0. The second-order valence-corrected chi connectivity index (χ2v) is 6.63. The van der Waals surface area contributed by atoms with Crippen LogP contribution in [0.5, 0.6) is 0 Å². The smallest absolute Gasteiger partial charge is 0.222 e. The number of benzene rings is 1. The van der Waals surface area contributed by atoms with E-state index in [0.29, 0.717) is 10.9 Å². The fourth-order valence-corrected chi connectivity index (χ4v) is 2.86. The Morgan fingerprint density at radius 1 is 1.23 bits per heavy atom. The lowest BCUT2D eigenvalue weighted by Crippen LogP contribution is -2.51. The number of hydrogen-bond acceptors (Lipinski definition) is 3. The Labute approximate surface area is 133 Å². The van der Waals surface area contributed by atoms with E-state index >= 15 is 0 Å². The molecule has 0 bridgehead atoms. The van der Waals surface area contributed by atoms with E-state index < -0.39 is 0 Å². The van der Waals surface area contributed by atoms with E-state index in [1.54, 1.807) is 0 Å². The van der Waals surface area contributed by atoms with Crippen LogP contribution in [0, 0.1) is 5.92 Å². The first-order valence-corrected chi connectivity index (χ1v) is 8.02. The van der Waals surface area contributed by atoms with Gasteiger partial charge in [-0.05, 0) is 30.9 Å². The zero-order valence-corrected chi connectivity index (χ0v) is 12.9. The first-order chi connectivity index (χ1) is 10.7. The highest BCUT2D eigenvalue weighted by atomic mass is 35.5. The fraction of sp³-hybridized carbons (Fsp3) is 0.438. The Bertz CT molecular complexity index is 686. The Hall–Kier alpha value is -1.88. The first-order valence-electron chi connectivity index (χ1n) is 7.64. The second-order valence-electron chi connectivity index (χ2n) is 6.19. The van der Waals surface area contributed by atoms with E-state index in [1.165, 1.54) is 12.8 Å². The minimum atomic E-state index is 0.247. The van der Waals surface area contributed by atoms with Crippen molar-refractivity contribution in [2.45, 2.75) is 25.3 Å². The number of halogens is 1. The van der Waals surface area contributed by atoms with Crippen molar-refractivity contribution in [3.05, 3.63) is 35.5 Å². The number of amides is 1. The van der Waals surface area contributed by atoms with Crippen molar-refractivity contribution < 1.29 is 4.79 Å². The molecule has 0 radical (unpaired) electrons. The van der Waals surface area contributed by atoms with Crippen LogP contribution in [-0.2, 0) is 4.79 Å². The van der Waals surface area contributed by atoms with Crippen LogP contribution < -0.4 is 0 Å². The van der Waals surface area contributed by atoms with Gasteiger partial charge in [-0.2, -0.15) is 0 Å². The molecule has 2 aliphatic rings. The number of nitrogens with zero attached hydrogens (tertiary/aromatic N) is 4. The molecule has 0 spiro atoms. The summed E-state index contributed by atoms with van der Waals surface area (Å²) in [6, 6.07) is 7.80. The summed E-state index contributed by atoms with van der Waals surface area (Å²) in [5.41, 5.74) is 1.83. The van der Waals surface area contributed by atoms with Crippen molar-refractivity contribution in [1.82, 2.24) is 19.9 Å². The molecule has 0 atom stereocenters. The van der Waals surface area contributed by atoms with Crippen LogP contribution in [-0.4, -0.2) is 38.9 Å². The van der Waals surface area contributed by atoms with Gasteiger partial charge in [0, 0.05) is 30.1 Å². The lowest BCUT2D eigenvalue weighted by Gasteiger charge is -2.39. The number of likely N-dealkylation sites (tertiary alicyclic amines) is 1. The highest BCUT2D eigenvalue weighted by molar-refractivity contribution is 6.30. The molecule has 5 nitrogen and oxygen atoms in total. The fourth-order valence-electron chi connectivity index (χ4n) is 2.73. The summed E-state index contributed by atoms with van der Waals surface area (Å²) in [5, 5.41) is 9.12. The molecule has 1 saturated heterocycles. The molecule has 1 saturated carbocycles. The maximum Gasteiger partial charge on any atom is 0.222 e. The normalized spacial score (nSPS) is 18.3. The van der Waals surface area contributed by atoms with E-state index in [1.807, 2.05) is 40.0 Å². The van der Waals surface area contributed by atoms with Gasteiger partial charge in [-0.3, -0.25) is 4.79 Å². The van der Waals surface area contributed by atoms with Crippen LogP contribution in [0.3, 0.4) is 0 Å². The van der Waals surface area contributed by atoms with Crippen molar-refractivity contribution in [1.29, 1.82) is 0 Å². The molecule has 2 aromatic rings. The summed E-state index contributed by atoms with van der Waals surface area (Å²) >= 11 is 5.89. The average molecular weight is 317 g/mol. The largest absolute Gasteiger partial charge is 0.338 e. The molecule has 1 aromatic heterocycles. The van der Waals surface area contributed by atoms with Gasteiger partial charge in [0.1, 0.15) is 5.69 Å². The maximum atomic E-state index is 12.0. The summed E-state index contributed by atoms with van der Waals surface area (Å²) in [4.78, 5) is 13.9. The zero-order chi connectivity index (χ0) is 15.1. The van der Waals surface area contributed by atoms with E-state index in [-0.39, 0.29) is 11.9 Å². The average Bonchev–Trinajstić information content (AvgIpc) is 3.13. The van der Waals surface area contributed by atoms with Crippen molar-refractivity contribution in [3.63, 3.8) is 0 Å². The third-order valence-electron chi connectivity index (χ3n) is 4.40. The van der Waals surface area contributed by atoms with Crippen LogP contribution in [0.4, 0.5) is 0 Å². The van der Waals surface area contributed by atoms with Gasteiger partial charge in [-0.15, -0.1) is 5.10 Å². The molecule has 4 rings (SSSR count). The molecule has 22 heavy (non-hydrogen) atoms. The van der Waals surface area contributed by atoms with Crippen LogP contribution in [0.15, 0.2) is 30.5 Å². The highest BCUT2D eigenvalue weighted by Crippen LogP contribution is 2.34. The number of carbonyl (C=O) groups is 1. The number of hydrogen-bond donors (Lipinski definition) is 0. The van der Waals surface area contributed by atoms with Gasteiger partial charge in [0.05, 0.1) is 12.2 Å². The van der Waals surface area contributed by atoms with Crippen LogP contribution in [0.25, 0.3) is 11.3 Å². The highest BCUT2D eigenvalue weighted by Gasteiger charge is 2.35. The SMILES string of the molecule is O=C(CC1CC1)N1CC(n2cc(-c3ccc(Cl)cc3)nn2)C1. The van der Waals surface area contributed by atoms with Crippen LogP contribution in [0.1, 0.15) is 25.3 Å². The topological polar surface area (TPSA) is 51.0 Å². The first kappa shape index (κ1) is 13.8. The molecule has 0 unspecified atom stereocenters. The predicted molar refractivity (Wildman–Crippen MR) is 83.4 cm³/mol. The summed E-state index contributed by atoms with van der Waals surface area (Å²) in [6.45, 7) is 1.49. The number of aromatic nitrogens is 3. The minimum Gasteiger partial charge on any atom is -0.338 e. The second kappa shape index (κ2) is 5.39. The summed E-state index contributed by atoms with van der Waals surface area (Å²) in [5.74, 6) is 0.936. The molecule has 0 N–H and O–H groups in total. The molecule has 2 heterocycles. The standard InChI is InChI=1S/C16H17ClN4O/c17-13-5-3-12(4-6-13)15-10-21(19-18-15)14-8-20(9-14)16(22)7-11-1-2-11/h3-6,10-11,14H,1-2,7-9H2. The van der Waals surface area contributed by atoms with Crippen LogP contribution >= 0.6 is 11.6 Å². The van der Waals surface area contributed by atoms with Crippen molar-refractivity contribution >= 4 is 17.5 Å². The van der Waals surface area contributed by atoms with Crippen molar-refractivity contribution in [2.75, 3.05) is 13.1 Å². The molecule has 2 fully saturated rings. The van der Waals surface area contributed by atoms with Crippen molar-refractivity contribution in [3.8, 4) is 11.3 Å². The molecule has 114 valence electrons. The molecule has 1 aliphatic carbocycles. The quantitative estimate of drug-likeness (QED) is 0.871. The zero-order valence-electron chi connectivity index (χ0n) is 12.2. The molecule has 6 heteroatoms. The lowest BCUT2D eigenvalue weighted by molar-refractivity contribution is -0.137. The molecular formula is C16H17ClN4O. The molecule has 1 aliphatic heterocycles. The van der Waals surface area contributed by atoms with Crippen LogP contribution in [0.2, 0.25) is 5.02 Å². The van der Waals surface area contributed by atoms with Gasteiger partial charge < -0.3 is 4.90 Å². The van der Waals surface area contributed by atoms with E-state index in [2.05, 4.69) is 10.3 Å². The summed E-state index contributed by atoms with van der Waals surface area (Å²) in [6.07, 6.45) is 5.10. The molecular weight excluding hydrogens is 300 g/mol. The predicted octanol–water partition coefficient (Wildman–Crippen LogP) is 2.78. The van der Waals surface area contributed by atoms with E-state index in [9.17, 15) is 4.79 Å². The van der Waals surface area contributed by atoms with Crippen molar-refractivity contribution in [2.24, 2.45) is 5.92 Å². The maximum absolute atomic E-state index is 12.0. The van der Waals surface area contributed by atoms with E-state index in [0.717, 1.165) is 30.8 Å². The van der Waals surface area contributed by atoms with Gasteiger partial charge in [-0.1, -0.05) is 28.9 Å². The third-order valence-corrected chi connectivity index (χ3v) is 4.65. The van der Waals surface area contributed by atoms with Gasteiger partial charge in [0.2, 0.25) is 5.91 Å². The Balaban J connectivity index is 1.38. The summed E-state index contributed by atoms with van der Waals surface area (Å²) < 4.78 is 1.87. The lowest BCUT2D eigenvalue weighted by atomic mass is 10.1. The molecule has 1 amide bonds. The Morgan fingerprint density at radius 3 is 2.64 bits per heavy atom. The van der Waals surface area contributed by atoms with Gasteiger partial charge in [-0.25, -0.2) is 4.68 Å².